The van der Waals surface area contributed by atoms with Gasteiger partial charge in [-0.25, -0.2) is 0 Å². The first-order valence-corrected chi connectivity index (χ1v) is 5.12. The van der Waals surface area contributed by atoms with Crippen molar-refractivity contribution in [1.82, 2.24) is 20.1 Å². The molecular formula is C9H15N5O3. The zero-order valence-electron chi connectivity index (χ0n) is 9.67. The second-order valence-corrected chi connectivity index (χ2v) is 3.78. The van der Waals surface area contributed by atoms with Gasteiger partial charge in [0, 0.05) is 12.6 Å². The molecule has 0 fully saturated rings. The minimum atomic E-state index is -0.958. The van der Waals surface area contributed by atoms with Crippen molar-refractivity contribution in [3.8, 4) is 0 Å². The fourth-order valence-electron chi connectivity index (χ4n) is 1.32. The van der Waals surface area contributed by atoms with E-state index in [1.165, 1.54) is 4.90 Å². The Morgan fingerprint density at radius 2 is 2.18 bits per heavy atom. The maximum atomic E-state index is 12.0. The maximum Gasteiger partial charge on any atom is 0.305 e. The summed E-state index contributed by atoms with van der Waals surface area (Å²) >= 11 is 0. The van der Waals surface area contributed by atoms with E-state index in [2.05, 4.69) is 15.2 Å². The highest BCUT2D eigenvalue weighted by atomic mass is 16.4. The molecule has 0 aliphatic carbocycles. The predicted octanol–water partition coefficient (Wildman–Crippen LogP) is -0.288. The van der Waals surface area contributed by atoms with Crippen LogP contribution in [0.1, 0.15) is 30.9 Å². The average Bonchev–Trinajstić information content (AvgIpc) is 2.63. The van der Waals surface area contributed by atoms with Crippen LogP contribution < -0.4 is 5.73 Å². The van der Waals surface area contributed by atoms with Crippen LogP contribution in [0.5, 0.6) is 0 Å². The number of amides is 1. The average molecular weight is 241 g/mol. The molecule has 8 nitrogen and oxygen atoms in total. The first-order valence-electron chi connectivity index (χ1n) is 5.12. The normalized spacial score (nSPS) is 10.5. The molecule has 0 atom stereocenters. The minimum Gasteiger partial charge on any atom is -0.481 e. The van der Waals surface area contributed by atoms with Gasteiger partial charge in [-0.2, -0.15) is 4.98 Å². The van der Waals surface area contributed by atoms with E-state index in [1.807, 2.05) is 0 Å². The number of carbonyl (C=O) groups is 2. The van der Waals surface area contributed by atoms with Crippen LogP contribution in [0.2, 0.25) is 0 Å². The second kappa shape index (κ2) is 5.28. The number of nitrogens with one attached hydrogen (secondary N) is 1. The van der Waals surface area contributed by atoms with Crippen LogP contribution >= 0.6 is 0 Å². The molecule has 1 amide bonds. The van der Waals surface area contributed by atoms with Gasteiger partial charge in [0.25, 0.3) is 5.91 Å². The number of nitrogen functional groups attached to an aromatic ring is 1. The lowest BCUT2D eigenvalue weighted by Crippen LogP contribution is -2.39. The summed E-state index contributed by atoms with van der Waals surface area (Å²) in [6, 6.07) is -0.131. The fraction of sp³-hybridized carbons (Fsp3) is 0.556. The molecule has 0 spiro atoms. The van der Waals surface area contributed by atoms with E-state index >= 15 is 0 Å². The van der Waals surface area contributed by atoms with Gasteiger partial charge in [-0.15, -0.1) is 5.10 Å². The molecule has 0 aliphatic heterocycles. The van der Waals surface area contributed by atoms with E-state index in [-0.39, 0.29) is 30.8 Å². The molecule has 0 aliphatic rings. The Balaban J connectivity index is 2.77. The number of aliphatic carboxylic acids is 1. The molecular weight excluding hydrogens is 226 g/mol. The molecule has 0 saturated carbocycles. The van der Waals surface area contributed by atoms with Crippen molar-refractivity contribution in [2.75, 3.05) is 12.3 Å². The summed E-state index contributed by atoms with van der Waals surface area (Å²) < 4.78 is 0. The smallest absolute Gasteiger partial charge is 0.305 e. The molecule has 0 radical (unpaired) electrons. The van der Waals surface area contributed by atoms with E-state index < -0.39 is 11.9 Å². The molecule has 1 aromatic heterocycles. The lowest BCUT2D eigenvalue weighted by atomic mass is 10.2. The number of carboxylic acids is 1. The molecule has 1 rings (SSSR count). The largest absolute Gasteiger partial charge is 0.481 e. The second-order valence-electron chi connectivity index (χ2n) is 3.78. The predicted molar refractivity (Wildman–Crippen MR) is 59.2 cm³/mol. The lowest BCUT2D eigenvalue weighted by Gasteiger charge is -2.24. The number of anilines is 1. The van der Waals surface area contributed by atoms with Gasteiger partial charge in [0.2, 0.25) is 11.8 Å². The Labute approximate surface area is 97.8 Å². The van der Waals surface area contributed by atoms with Crippen molar-refractivity contribution < 1.29 is 14.7 Å². The fourth-order valence-corrected chi connectivity index (χ4v) is 1.32. The summed E-state index contributed by atoms with van der Waals surface area (Å²) in [6.45, 7) is 3.70. The first-order chi connectivity index (χ1) is 7.91. The lowest BCUT2D eigenvalue weighted by molar-refractivity contribution is -0.137. The number of nitrogens with zero attached hydrogens (tertiary/aromatic N) is 3. The molecule has 0 saturated heterocycles. The van der Waals surface area contributed by atoms with Gasteiger partial charge in [0.15, 0.2) is 0 Å². The Morgan fingerprint density at radius 1 is 1.53 bits per heavy atom. The third-order valence-corrected chi connectivity index (χ3v) is 2.16. The number of hydrogen-bond donors (Lipinski definition) is 3. The quantitative estimate of drug-likeness (QED) is 0.650. The van der Waals surface area contributed by atoms with Crippen LogP contribution in [0.3, 0.4) is 0 Å². The number of aromatic nitrogens is 3. The van der Waals surface area contributed by atoms with Gasteiger partial charge < -0.3 is 15.7 Å². The van der Waals surface area contributed by atoms with Crippen LogP contribution in [0.4, 0.5) is 5.95 Å². The highest BCUT2D eigenvalue weighted by Crippen LogP contribution is 2.06. The van der Waals surface area contributed by atoms with Crippen LogP contribution in [0, 0.1) is 0 Å². The summed E-state index contributed by atoms with van der Waals surface area (Å²) in [5.74, 6) is -1.37. The zero-order valence-corrected chi connectivity index (χ0v) is 9.67. The third kappa shape index (κ3) is 3.44. The molecule has 1 aromatic rings. The topological polar surface area (TPSA) is 125 Å². The van der Waals surface area contributed by atoms with Crippen molar-refractivity contribution >= 4 is 17.8 Å². The SMILES string of the molecule is CC(C)N(CCC(=O)O)C(=O)c1nc(N)n[nH]1. The van der Waals surface area contributed by atoms with Gasteiger partial charge >= 0.3 is 5.97 Å². The van der Waals surface area contributed by atoms with Crippen LogP contribution in [0.15, 0.2) is 0 Å². The van der Waals surface area contributed by atoms with Gasteiger partial charge in [-0.05, 0) is 13.8 Å². The number of aromatic amines is 1. The summed E-state index contributed by atoms with van der Waals surface area (Å²) in [6.07, 6.45) is -0.118. The molecule has 0 unspecified atom stereocenters. The van der Waals surface area contributed by atoms with Crippen LogP contribution in [-0.2, 0) is 4.79 Å². The summed E-state index contributed by atoms with van der Waals surface area (Å²) in [4.78, 5) is 27.6. The highest BCUT2D eigenvalue weighted by Gasteiger charge is 2.22. The highest BCUT2D eigenvalue weighted by molar-refractivity contribution is 5.91. The molecule has 17 heavy (non-hydrogen) atoms. The Hall–Kier alpha value is -2.12. The van der Waals surface area contributed by atoms with Crippen LogP contribution in [0.25, 0.3) is 0 Å². The van der Waals surface area contributed by atoms with Crippen molar-refractivity contribution in [2.45, 2.75) is 26.3 Å². The van der Waals surface area contributed by atoms with E-state index in [4.69, 9.17) is 10.8 Å². The van der Waals surface area contributed by atoms with Gasteiger partial charge in [-0.1, -0.05) is 0 Å². The summed E-state index contributed by atoms with van der Waals surface area (Å²) in [5, 5.41) is 14.6. The van der Waals surface area contributed by atoms with Crippen molar-refractivity contribution in [1.29, 1.82) is 0 Å². The number of hydrogen-bond acceptors (Lipinski definition) is 5. The Kier molecular flexibility index (Phi) is 4.02. The van der Waals surface area contributed by atoms with E-state index in [1.54, 1.807) is 13.8 Å². The third-order valence-electron chi connectivity index (χ3n) is 2.16. The van der Waals surface area contributed by atoms with Gasteiger partial charge in [0.05, 0.1) is 6.42 Å². The van der Waals surface area contributed by atoms with E-state index in [0.29, 0.717) is 0 Å². The van der Waals surface area contributed by atoms with Crippen molar-refractivity contribution in [2.24, 2.45) is 0 Å². The van der Waals surface area contributed by atoms with Crippen LogP contribution in [-0.4, -0.2) is 49.7 Å². The Morgan fingerprint density at radius 3 is 2.59 bits per heavy atom. The summed E-state index contributed by atoms with van der Waals surface area (Å²) in [7, 11) is 0. The molecule has 1 heterocycles. The number of nitrogens with two attached hydrogens (primary N) is 1. The molecule has 8 heteroatoms. The van der Waals surface area contributed by atoms with Gasteiger partial charge in [-0.3, -0.25) is 14.7 Å². The molecule has 0 bridgehead atoms. The Bertz CT molecular complexity index is 415. The van der Waals surface area contributed by atoms with Gasteiger partial charge in [0.1, 0.15) is 0 Å². The number of H-pyrrole nitrogens is 1. The minimum absolute atomic E-state index is 0.0154. The molecule has 0 aromatic carbocycles. The zero-order chi connectivity index (χ0) is 13.0. The molecule has 4 N–H and O–H groups in total. The number of carbonyl (C=O) groups excluding carboxylic acids is 1. The van der Waals surface area contributed by atoms with Crippen molar-refractivity contribution in [3.05, 3.63) is 5.82 Å². The maximum absolute atomic E-state index is 12.0. The van der Waals surface area contributed by atoms with Crippen molar-refractivity contribution in [3.63, 3.8) is 0 Å². The first kappa shape index (κ1) is 12.9. The van der Waals surface area contributed by atoms with E-state index in [0.717, 1.165) is 0 Å². The molecule has 94 valence electrons. The standard InChI is InChI=1S/C9H15N5O3/c1-5(2)14(4-3-6(15)16)8(17)7-11-9(10)13-12-7/h5H,3-4H2,1-2H3,(H,15,16)(H3,10,11,12,13). The monoisotopic (exact) mass is 241 g/mol. The number of carboxylic acid groups (broad SMARTS) is 1. The summed E-state index contributed by atoms with van der Waals surface area (Å²) in [5.41, 5.74) is 5.30. The number of rotatable bonds is 5. The van der Waals surface area contributed by atoms with E-state index in [9.17, 15) is 9.59 Å².